The van der Waals surface area contributed by atoms with E-state index < -0.39 is 11.4 Å². The lowest BCUT2D eigenvalue weighted by molar-refractivity contribution is 0.0979. The molecule has 0 aliphatic carbocycles. The van der Waals surface area contributed by atoms with Crippen LogP contribution in [0.1, 0.15) is 18.1 Å². The van der Waals surface area contributed by atoms with Gasteiger partial charge >= 0.3 is 0 Å². The van der Waals surface area contributed by atoms with Crippen molar-refractivity contribution in [2.45, 2.75) is 12.5 Å². The Hall–Kier alpha value is -1.10. The smallest absolute Gasteiger partial charge is 0.133 e. The highest BCUT2D eigenvalue weighted by atomic mass is 79.9. The first-order chi connectivity index (χ1) is 9.36. The molecular weight excluding hydrogens is 347 g/mol. The van der Waals surface area contributed by atoms with Crippen LogP contribution in [0, 0.1) is 5.82 Å². The van der Waals surface area contributed by atoms with Gasteiger partial charge in [0.05, 0.1) is 7.11 Å². The number of hydrogen-bond acceptors (Lipinski definition) is 2. The van der Waals surface area contributed by atoms with E-state index in [4.69, 9.17) is 16.3 Å². The molecule has 0 saturated carbocycles. The van der Waals surface area contributed by atoms with Gasteiger partial charge in [-0.1, -0.05) is 33.6 Å². The lowest BCUT2D eigenvalue weighted by atomic mass is 9.88. The molecule has 0 radical (unpaired) electrons. The van der Waals surface area contributed by atoms with Crippen molar-refractivity contribution >= 4 is 27.5 Å². The van der Waals surface area contributed by atoms with Gasteiger partial charge in [-0.2, -0.15) is 0 Å². The number of benzene rings is 2. The second-order valence-corrected chi connectivity index (χ2v) is 5.87. The molecule has 1 N–H and O–H groups in total. The van der Waals surface area contributed by atoms with Gasteiger partial charge < -0.3 is 9.84 Å². The SMILES string of the molecule is COc1ccc(C(C)(O)c2ccc(Br)cc2Cl)c(F)c1. The van der Waals surface area contributed by atoms with Crippen molar-refractivity contribution in [1.29, 1.82) is 0 Å². The maximum atomic E-state index is 14.1. The summed E-state index contributed by atoms with van der Waals surface area (Å²) in [6, 6.07) is 9.39. The fourth-order valence-corrected chi connectivity index (χ4v) is 2.90. The van der Waals surface area contributed by atoms with E-state index in [9.17, 15) is 9.50 Å². The standard InChI is InChI=1S/C15H13BrClFO2/c1-15(19,11-5-3-9(16)7-13(11)17)12-6-4-10(20-2)8-14(12)18/h3-8,19H,1-2H3. The number of methoxy groups -OCH3 is 1. The van der Waals surface area contributed by atoms with Crippen molar-refractivity contribution in [1.82, 2.24) is 0 Å². The third-order valence-electron chi connectivity index (χ3n) is 3.16. The normalized spacial score (nSPS) is 13.9. The first kappa shape index (κ1) is 15.3. The van der Waals surface area contributed by atoms with E-state index in [0.717, 1.165) is 4.47 Å². The number of halogens is 3. The molecule has 2 aromatic rings. The summed E-state index contributed by atoms with van der Waals surface area (Å²) in [5, 5.41) is 11.1. The Balaban J connectivity index is 2.54. The summed E-state index contributed by atoms with van der Waals surface area (Å²) in [6.45, 7) is 1.51. The number of ether oxygens (including phenoxy) is 1. The minimum absolute atomic E-state index is 0.141. The predicted octanol–water partition coefficient (Wildman–Crippen LogP) is 4.51. The van der Waals surface area contributed by atoms with Crippen LogP contribution in [0.2, 0.25) is 5.02 Å². The summed E-state index contributed by atoms with van der Waals surface area (Å²) < 4.78 is 19.9. The first-order valence-electron chi connectivity index (χ1n) is 5.88. The quantitative estimate of drug-likeness (QED) is 0.874. The Morgan fingerprint density at radius 3 is 2.40 bits per heavy atom. The Labute approximate surface area is 130 Å². The molecule has 5 heteroatoms. The van der Waals surface area contributed by atoms with Gasteiger partial charge in [-0.15, -0.1) is 0 Å². The summed E-state index contributed by atoms with van der Waals surface area (Å²) >= 11 is 9.43. The number of hydrogen-bond donors (Lipinski definition) is 1. The van der Waals surface area contributed by atoms with E-state index in [1.165, 1.54) is 26.2 Å². The molecule has 2 nitrogen and oxygen atoms in total. The highest BCUT2D eigenvalue weighted by Crippen LogP contribution is 2.37. The summed E-state index contributed by atoms with van der Waals surface area (Å²) in [4.78, 5) is 0. The van der Waals surface area contributed by atoms with Gasteiger partial charge in [-0.3, -0.25) is 0 Å². The van der Waals surface area contributed by atoms with Crippen LogP contribution in [-0.4, -0.2) is 12.2 Å². The van der Waals surface area contributed by atoms with Crippen LogP contribution in [0.25, 0.3) is 0 Å². The zero-order valence-electron chi connectivity index (χ0n) is 11.0. The third-order valence-corrected chi connectivity index (χ3v) is 3.96. The molecule has 2 aromatic carbocycles. The van der Waals surface area contributed by atoms with Crippen LogP contribution in [0.4, 0.5) is 4.39 Å². The van der Waals surface area contributed by atoms with Gasteiger partial charge in [-0.05, 0) is 31.2 Å². The van der Waals surface area contributed by atoms with Crippen molar-refractivity contribution < 1.29 is 14.2 Å². The molecule has 0 spiro atoms. The van der Waals surface area contributed by atoms with Gasteiger partial charge in [-0.25, -0.2) is 4.39 Å². The first-order valence-corrected chi connectivity index (χ1v) is 7.05. The molecule has 0 aliphatic heterocycles. The van der Waals surface area contributed by atoms with Crippen molar-refractivity contribution in [2.75, 3.05) is 7.11 Å². The molecule has 1 unspecified atom stereocenters. The lowest BCUT2D eigenvalue weighted by Gasteiger charge is -2.26. The highest BCUT2D eigenvalue weighted by Gasteiger charge is 2.31. The van der Waals surface area contributed by atoms with Crippen LogP contribution in [0.3, 0.4) is 0 Å². The molecule has 0 bridgehead atoms. The van der Waals surface area contributed by atoms with E-state index in [1.54, 1.807) is 24.3 Å². The largest absolute Gasteiger partial charge is 0.497 e. The average molecular weight is 360 g/mol. The molecule has 2 rings (SSSR count). The zero-order chi connectivity index (χ0) is 14.9. The Bertz CT molecular complexity index is 644. The van der Waals surface area contributed by atoms with Gasteiger partial charge in [0.2, 0.25) is 0 Å². The van der Waals surface area contributed by atoms with E-state index in [1.807, 2.05) is 0 Å². The lowest BCUT2D eigenvalue weighted by Crippen LogP contribution is -2.24. The molecule has 0 aliphatic rings. The van der Waals surface area contributed by atoms with Gasteiger partial charge in [0.25, 0.3) is 0 Å². The summed E-state index contributed by atoms with van der Waals surface area (Å²) in [6.07, 6.45) is 0. The summed E-state index contributed by atoms with van der Waals surface area (Å²) in [5.41, 5.74) is -0.956. The maximum absolute atomic E-state index is 14.1. The third kappa shape index (κ3) is 2.82. The van der Waals surface area contributed by atoms with E-state index >= 15 is 0 Å². The van der Waals surface area contributed by atoms with Crippen LogP contribution >= 0.6 is 27.5 Å². The van der Waals surface area contributed by atoms with Crippen molar-refractivity contribution in [3.05, 3.63) is 62.8 Å². The van der Waals surface area contributed by atoms with Crippen LogP contribution < -0.4 is 4.74 Å². The van der Waals surface area contributed by atoms with Crippen LogP contribution in [0.5, 0.6) is 5.75 Å². The van der Waals surface area contributed by atoms with Crippen LogP contribution in [-0.2, 0) is 5.60 Å². The topological polar surface area (TPSA) is 29.5 Å². The fraction of sp³-hybridized carbons (Fsp3) is 0.200. The Morgan fingerprint density at radius 1 is 1.20 bits per heavy atom. The van der Waals surface area contributed by atoms with E-state index in [-0.39, 0.29) is 5.56 Å². The molecule has 0 aromatic heterocycles. The van der Waals surface area contributed by atoms with Gasteiger partial charge in [0.15, 0.2) is 0 Å². The molecule has 106 valence electrons. The van der Waals surface area contributed by atoms with Crippen molar-refractivity contribution in [3.8, 4) is 5.75 Å². The predicted molar refractivity (Wildman–Crippen MR) is 80.8 cm³/mol. The summed E-state index contributed by atoms with van der Waals surface area (Å²) in [7, 11) is 1.46. The van der Waals surface area contributed by atoms with E-state index in [2.05, 4.69) is 15.9 Å². The second kappa shape index (κ2) is 5.72. The second-order valence-electron chi connectivity index (χ2n) is 4.54. The minimum Gasteiger partial charge on any atom is -0.497 e. The minimum atomic E-state index is -1.53. The van der Waals surface area contributed by atoms with Gasteiger partial charge in [0.1, 0.15) is 17.2 Å². The molecule has 0 amide bonds. The van der Waals surface area contributed by atoms with E-state index in [0.29, 0.717) is 16.3 Å². The number of aliphatic hydroxyl groups is 1. The maximum Gasteiger partial charge on any atom is 0.133 e. The van der Waals surface area contributed by atoms with Crippen LogP contribution in [0.15, 0.2) is 40.9 Å². The molecule has 20 heavy (non-hydrogen) atoms. The molecule has 1 atom stereocenters. The zero-order valence-corrected chi connectivity index (χ0v) is 13.3. The monoisotopic (exact) mass is 358 g/mol. The molecule has 0 fully saturated rings. The Morgan fingerprint density at radius 2 is 1.85 bits per heavy atom. The highest BCUT2D eigenvalue weighted by molar-refractivity contribution is 9.10. The van der Waals surface area contributed by atoms with Crippen molar-refractivity contribution in [3.63, 3.8) is 0 Å². The average Bonchev–Trinajstić information content (AvgIpc) is 2.37. The van der Waals surface area contributed by atoms with Gasteiger partial charge in [0, 0.05) is 26.7 Å². The molecular formula is C15H13BrClFO2. The molecule has 0 heterocycles. The Kier molecular flexibility index (Phi) is 4.37. The number of rotatable bonds is 3. The van der Waals surface area contributed by atoms with Crippen molar-refractivity contribution in [2.24, 2.45) is 0 Å². The summed E-state index contributed by atoms with van der Waals surface area (Å²) in [5.74, 6) is -0.155. The molecule has 0 saturated heterocycles. The fourth-order valence-electron chi connectivity index (χ4n) is 2.05.